The first-order valence-corrected chi connectivity index (χ1v) is 7.95. The van der Waals surface area contributed by atoms with Crippen molar-refractivity contribution in [3.63, 3.8) is 0 Å². The van der Waals surface area contributed by atoms with E-state index in [1.54, 1.807) is 0 Å². The van der Waals surface area contributed by atoms with Gasteiger partial charge in [0, 0.05) is 31.3 Å². The lowest BCUT2D eigenvalue weighted by Gasteiger charge is -2.21. The zero-order valence-electron chi connectivity index (χ0n) is 14.0. The van der Waals surface area contributed by atoms with Gasteiger partial charge in [0.2, 0.25) is 0 Å². The maximum Gasteiger partial charge on any atom is 0.200 e. The standard InChI is InChI=1S/C19H23NO4/c1-13-7-3-4-8-15(13)20(2)10-6-5-9-16(21)14-11-17(22)19(24)18(23)12-14/h3-4,7-8,11-12,22-24H,5-6,9-10H2,1-2H3. The molecule has 0 aliphatic carbocycles. The number of anilines is 1. The molecule has 5 nitrogen and oxygen atoms in total. The molecule has 0 saturated heterocycles. The number of aryl methyl sites for hydroxylation is 1. The van der Waals surface area contributed by atoms with Crippen LogP contribution in [0, 0.1) is 6.92 Å². The fourth-order valence-corrected chi connectivity index (χ4v) is 2.66. The SMILES string of the molecule is Cc1ccccc1N(C)CCCCC(=O)c1cc(O)c(O)c(O)c1. The van der Waals surface area contributed by atoms with Crippen LogP contribution in [-0.4, -0.2) is 34.7 Å². The molecule has 0 fully saturated rings. The van der Waals surface area contributed by atoms with Crippen molar-refractivity contribution in [2.24, 2.45) is 0 Å². The highest BCUT2D eigenvalue weighted by Crippen LogP contribution is 2.35. The average molecular weight is 329 g/mol. The largest absolute Gasteiger partial charge is 0.504 e. The van der Waals surface area contributed by atoms with Crippen LogP contribution in [0.4, 0.5) is 5.69 Å². The molecule has 0 aromatic heterocycles. The number of para-hydroxylation sites is 1. The van der Waals surface area contributed by atoms with E-state index in [9.17, 15) is 20.1 Å². The molecule has 0 radical (unpaired) electrons. The number of unbranched alkanes of at least 4 members (excludes halogenated alkanes) is 1. The molecule has 2 aromatic rings. The summed E-state index contributed by atoms with van der Waals surface area (Å²) in [4.78, 5) is 14.3. The summed E-state index contributed by atoms with van der Waals surface area (Å²) in [6.45, 7) is 2.91. The fraction of sp³-hybridized carbons (Fsp3) is 0.316. The third-order valence-electron chi connectivity index (χ3n) is 4.07. The summed E-state index contributed by atoms with van der Waals surface area (Å²) in [7, 11) is 2.03. The zero-order chi connectivity index (χ0) is 17.7. The van der Waals surface area contributed by atoms with Crippen molar-refractivity contribution in [1.29, 1.82) is 0 Å². The lowest BCUT2D eigenvalue weighted by Crippen LogP contribution is -2.19. The Morgan fingerprint density at radius 3 is 2.29 bits per heavy atom. The van der Waals surface area contributed by atoms with Crippen molar-refractivity contribution in [1.82, 2.24) is 0 Å². The van der Waals surface area contributed by atoms with Gasteiger partial charge in [-0.15, -0.1) is 0 Å². The molecule has 2 rings (SSSR count). The number of phenols is 3. The number of aromatic hydroxyl groups is 3. The van der Waals surface area contributed by atoms with Crippen LogP contribution in [0.2, 0.25) is 0 Å². The molecule has 0 atom stereocenters. The highest BCUT2D eigenvalue weighted by Gasteiger charge is 2.13. The van der Waals surface area contributed by atoms with Crippen molar-refractivity contribution in [3.05, 3.63) is 47.5 Å². The number of nitrogens with zero attached hydrogens (tertiary/aromatic N) is 1. The molecule has 0 bridgehead atoms. The van der Waals surface area contributed by atoms with E-state index in [1.165, 1.54) is 23.4 Å². The van der Waals surface area contributed by atoms with Crippen LogP contribution in [0.3, 0.4) is 0 Å². The Kier molecular flexibility index (Phi) is 5.68. The molecular formula is C19H23NO4. The first-order chi connectivity index (χ1) is 11.4. The van der Waals surface area contributed by atoms with Gasteiger partial charge < -0.3 is 20.2 Å². The van der Waals surface area contributed by atoms with Gasteiger partial charge in [-0.3, -0.25) is 4.79 Å². The number of ketones is 1. The number of benzene rings is 2. The van der Waals surface area contributed by atoms with Crippen LogP contribution in [0.25, 0.3) is 0 Å². The summed E-state index contributed by atoms with van der Waals surface area (Å²) >= 11 is 0. The topological polar surface area (TPSA) is 81.0 Å². The van der Waals surface area contributed by atoms with Gasteiger partial charge in [-0.2, -0.15) is 0 Å². The van der Waals surface area contributed by atoms with Crippen molar-refractivity contribution in [2.45, 2.75) is 26.2 Å². The zero-order valence-corrected chi connectivity index (χ0v) is 14.0. The molecule has 0 unspecified atom stereocenters. The highest BCUT2D eigenvalue weighted by atomic mass is 16.3. The summed E-state index contributed by atoms with van der Waals surface area (Å²) < 4.78 is 0. The number of rotatable bonds is 7. The van der Waals surface area contributed by atoms with E-state index in [1.807, 2.05) is 19.2 Å². The predicted octanol–water partition coefficient (Wildman–Crippen LogP) is 3.60. The van der Waals surface area contributed by atoms with E-state index in [4.69, 9.17) is 0 Å². The second-order valence-electron chi connectivity index (χ2n) is 5.95. The average Bonchev–Trinajstić information content (AvgIpc) is 2.56. The van der Waals surface area contributed by atoms with E-state index < -0.39 is 17.2 Å². The smallest absolute Gasteiger partial charge is 0.200 e. The van der Waals surface area contributed by atoms with Crippen LogP contribution in [0.1, 0.15) is 35.2 Å². The number of Topliss-reactive ketones (excluding diaryl/α,β-unsaturated/α-hetero) is 1. The monoisotopic (exact) mass is 329 g/mol. The van der Waals surface area contributed by atoms with Gasteiger partial charge in [0.1, 0.15) is 0 Å². The van der Waals surface area contributed by atoms with Crippen molar-refractivity contribution >= 4 is 11.5 Å². The van der Waals surface area contributed by atoms with Gasteiger partial charge in [-0.05, 0) is 43.5 Å². The predicted molar refractivity (Wildman–Crippen MR) is 94.1 cm³/mol. The molecule has 0 saturated carbocycles. The minimum absolute atomic E-state index is 0.167. The summed E-state index contributed by atoms with van der Waals surface area (Å²) in [5, 5.41) is 28.2. The Labute approximate surface area is 141 Å². The molecule has 3 N–H and O–H groups in total. The van der Waals surface area contributed by atoms with Crippen LogP contribution in [0.5, 0.6) is 17.2 Å². The summed E-state index contributed by atoms with van der Waals surface area (Å²) in [6.07, 6.45) is 1.88. The Hall–Kier alpha value is -2.69. The summed E-state index contributed by atoms with van der Waals surface area (Å²) in [6, 6.07) is 10.5. The number of carbonyl (C=O) groups is 1. The van der Waals surface area contributed by atoms with Crippen LogP contribution >= 0.6 is 0 Å². The normalized spacial score (nSPS) is 10.6. The number of hydrogen-bond acceptors (Lipinski definition) is 5. The van der Waals surface area contributed by atoms with E-state index in [0.717, 1.165) is 13.0 Å². The van der Waals surface area contributed by atoms with Crippen molar-refractivity contribution < 1.29 is 20.1 Å². The first kappa shape index (κ1) is 17.7. The molecule has 0 aliphatic rings. The Balaban J connectivity index is 1.84. The Morgan fingerprint density at radius 2 is 1.67 bits per heavy atom. The summed E-state index contributed by atoms with van der Waals surface area (Å²) in [5.41, 5.74) is 2.60. The van der Waals surface area contributed by atoms with E-state index in [2.05, 4.69) is 24.0 Å². The quantitative estimate of drug-likeness (QED) is 0.411. The maximum absolute atomic E-state index is 12.1. The molecule has 24 heavy (non-hydrogen) atoms. The number of hydrogen-bond donors (Lipinski definition) is 3. The first-order valence-electron chi connectivity index (χ1n) is 7.95. The third kappa shape index (κ3) is 4.19. The highest BCUT2D eigenvalue weighted by molar-refractivity contribution is 5.97. The van der Waals surface area contributed by atoms with Gasteiger partial charge in [0.05, 0.1) is 0 Å². The van der Waals surface area contributed by atoms with Gasteiger partial charge in [0.25, 0.3) is 0 Å². The van der Waals surface area contributed by atoms with Gasteiger partial charge in [-0.25, -0.2) is 0 Å². The molecule has 0 spiro atoms. The molecule has 0 amide bonds. The van der Waals surface area contributed by atoms with E-state index in [0.29, 0.717) is 12.8 Å². The molecule has 2 aromatic carbocycles. The van der Waals surface area contributed by atoms with Crippen molar-refractivity contribution in [3.8, 4) is 17.2 Å². The molecule has 5 heteroatoms. The van der Waals surface area contributed by atoms with Gasteiger partial charge in [-0.1, -0.05) is 18.2 Å². The lowest BCUT2D eigenvalue weighted by molar-refractivity contribution is 0.0978. The minimum atomic E-state index is -0.605. The summed E-state index contributed by atoms with van der Waals surface area (Å²) in [5.74, 6) is -1.75. The number of carbonyl (C=O) groups excluding carboxylic acids is 1. The molecule has 0 aliphatic heterocycles. The Morgan fingerprint density at radius 1 is 1.04 bits per heavy atom. The van der Waals surface area contributed by atoms with Crippen LogP contribution in [0.15, 0.2) is 36.4 Å². The molecular weight excluding hydrogens is 306 g/mol. The lowest BCUT2D eigenvalue weighted by atomic mass is 10.0. The van der Waals surface area contributed by atoms with Gasteiger partial charge >= 0.3 is 0 Å². The van der Waals surface area contributed by atoms with Crippen LogP contribution < -0.4 is 4.90 Å². The van der Waals surface area contributed by atoms with E-state index >= 15 is 0 Å². The molecule has 0 heterocycles. The van der Waals surface area contributed by atoms with Crippen LogP contribution in [-0.2, 0) is 0 Å². The second kappa shape index (κ2) is 7.73. The maximum atomic E-state index is 12.1. The fourth-order valence-electron chi connectivity index (χ4n) is 2.66. The van der Waals surface area contributed by atoms with Crippen molar-refractivity contribution in [2.75, 3.05) is 18.5 Å². The third-order valence-corrected chi connectivity index (χ3v) is 4.07. The minimum Gasteiger partial charge on any atom is -0.504 e. The molecule has 128 valence electrons. The van der Waals surface area contributed by atoms with Gasteiger partial charge in [0.15, 0.2) is 23.0 Å². The Bertz CT molecular complexity index is 704. The number of phenolic OH excluding ortho intramolecular Hbond substituents is 3. The second-order valence-corrected chi connectivity index (χ2v) is 5.95. The van der Waals surface area contributed by atoms with E-state index in [-0.39, 0.29) is 11.3 Å².